The molecule has 24 heavy (non-hydrogen) atoms. The van der Waals surface area contributed by atoms with E-state index in [9.17, 15) is 4.79 Å². The zero-order valence-corrected chi connectivity index (χ0v) is 16.9. The molecular weight excluding hydrogens is 387 g/mol. The average molecular weight is 409 g/mol. The number of hydrogen-bond acceptors (Lipinski definition) is 6. The van der Waals surface area contributed by atoms with Crippen LogP contribution in [0.15, 0.2) is 6.07 Å². The quantitative estimate of drug-likeness (QED) is 0.828. The summed E-state index contributed by atoms with van der Waals surface area (Å²) >= 11 is 3.17. The van der Waals surface area contributed by atoms with Crippen molar-refractivity contribution in [1.82, 2.24) is 15.2 Å². The number of amides is 1. The zero-order chi connectivity index (χ0) is 15.3. The molecule has 2 aromatic heterocycles. The standard InChI is InChI=1S/C15H20N4OS2.2ClH/c1-18(2)15-17-13-11(22-15)7-12(21-13)14(20)19-6-5-9-3-4-10(8-19)16-9;;/h7,9-10,16H,3-6,8H2,1-2H3;2*1H. The minimum Gasteiger partial charge on any atom is -0.354 e. The third-order valence-electron chi connectivity index (χ3n) is 4.48. The molecule has 0 radical (unpaired) electrons. The van der Waals surface area contributed by atoms with Crippen LogP contribution in [0.3, 0.4) is 0 Å². The number of hydrogen-bond donors (Lipinski definition) is 1. The van der Waals surface area contributed by atoms with Crippen LogP contribution in [0.4, 0.5) is 5.13 Å². The van der Waals surface area contributed by atoms with Crippen LogP contribution < -0.4 is 10.2 Å². The Hall–Kier alpha value is -0.600. The summed E-state index contributed by atoms with van der Waals surface area (Å²) < 4.78 is 1.12. The first-order valence-corrected chi connectivity index (χ1v) is 9.36. The van der Waals surface area contributed by atoms with E-state index in [0.717, 1.165) is 39.0 Å². The Bertz CT molecular complexity index is 686. The van der Waals surface area contributed by atoms with Gasteiger partial charge in [-0.2, -0.15) is 0 Å². The summed E-state index contributed by atoms with van der Waals surface area (Å²) in [5, 5.41) is 4.62. The van der Waals surface area contributed by atoms with Gasteiger partial charge in [-0.15, -0.1) is 36.2 Å². The van der Waals surface area contributed by atoms with Gasteiger partial charge in [0.15, 0.2) is 5.13 Å². The van der Waals surface area contributed by atoms with Crippen LogP contribution in [0.25, 0.3) is 9.53 Å². The number of nitrogens with one attached hydrogen (secondary N) is 1. The summed E-state index contributed by atoms with van der Waals surface area (Å²) in [5.41, 5.74) is 0. The van der Waals surface area contributed by atoms with E-state index in [1.807, 2.05) is 30.0 Å². The first kappa shape index (κ1) is 19.7. The SMILES string of the molecule is CN(C)c1nc2sc(C(=O)N3CCC4CCC(C3)N4)cc2s1.Cl.Cl. The largest absolute Gasteiger partial charge is 0.354 e. The minimum atomic E-state index is 0. The topological polar surface area (TPSA) is 48.5 Å². The van der Waals surface area contributed by atoms with Crippen LogP contribution in [-0.4, -0.2) is 55.1 Å². The maximum Gasteiger partial charge on any atom is 0.264 e. The molecular formula is C15H22Cl2N4OS2. The molecule has 1 amide bonds. The molecule has 2 aliphatic rings. The number of anilines is 1. The first-order chi connectivity index (χ1) is 10.6. The van der Waals surface area contributed by atoms with E-state index < -0.39 is 0 Å². The van der Waals surface area contributed by atoms with Crippen LogP contribution in [-0.2, 0) is 0 Å². The van der Waals surface area contributed by atoms with Crippen molar-refractivity contribution in [3.05, 3.63) is 10.9 Å². The second kappa shape index (κ2) is 7.74. The van der Waals surface area contributed by atoms with Gasteiger partial charge in [0.1, 0.15) is 4.83 Å². The monoisotopic (exact) mass is 408 g/mol. The van der Waals surface area contributed by atoms with E-state index in [2.05, 4.69) is 10.3 Å². The van der Waals surface area contributed by atoms with Crippen molar-refractivity contribution < 1.29 is 4.79 Å². The number of rotatable bonds is 2. The van der Waals surface area contributed by atoms with E-state index in [4.69, 9.17) is 0 Å². The summed E-state index contributed by atoms with van der Waals surface area (Å²) in [4.78, 5) is 23.2. The molecule has 2 unspecified atom stereocenters. The summed E-state index contributed by atoms with van der Waals surface area (Å²) in [6.45, 7) is 1.71. The van der Waals surface area contributed by atoms with Gasteiger partial charge in [-0.1, -0.05) is 11.3 Å². The molecule has 134 valence electrons. The predicted molar refractivity (Wildman–Crippen MR) is 107 cm³/mol. The van der Waals surface area contributed by atoms with E-state index in [1.165, 1.54) is 24.2 Å². The maximum absolute atomic E-state index is 12.8. The Labute approximate surface area is 162 Å². The molecule has 4 heterocycles. The van der Waals surface area contributed by atoms with E-state index >= 15 is 0 Å². The van der Waals surface area contributed by atoms with Crippen LogP contribution in [0.1, 0.15) is 28.9 Å². The molecule has 2 aliphatic heterocycles. The number of likely N-dealkylation sites (tertiary alicyclic amines) is 1. The van der Waals surface area contributed by atoms with Gasteiger partial charge in [0.25, 0.3) is 5.91 Å². The normalized spacial score (nSPS) is 22.7. The second-order valence-corrected chi connectivity index (χ2v) is 8.39. The highest BCUT2D eigenvalue weighted by molar-refractivity contribution is 7.29. The van der Waals surface area contributed by atoms with Crippen molar-refractivity contribution >= 4 is 68.1 Å². The molecule has 0 aromatic carbocycles. The molecule has 2 saturated heterocycles. The van der Waals surface area contributed by atoms with Gasteiger partial charge < -0.3 is 15.1 Å². The third-order valence-corrected chi connectivity index (χ3v) is 6.80. The third kappa shape index (κ3) is 3.65. The van der Waals surface area contributed by atoms with Crippen molar-refractivity contribution in [2.75, 3.05) is 32.1 Å². The lowest BCUT2D eigenvalue weighted by atomic mass is 10.1. The van der Waals surface area contributed by atoms with Crippen LogP contribution in [0.5, 0.6) is 0 Å². The van der Waals surface area contributed by atoms with E-state index in [0.29, 0.717) is 12.1 Å². The fourth-order valence-electron chi connectivity index (χ4n) is 3.30. The number of carbonyl (C=O) groups excluding carboxylic acids is 1. The molecule has 2 fully saturated rings. The van der Waals surface area contributed by atoms with Gasteiger partial charge in [-0.05, 0) is 25.3 Å². The number of thiophene rings is 1. The number of nitrogens with zero attached hydrogens (tertiary/aromatic N) is 3. The first-order valence-electron chi connectivity index (χ1n) is 7.73. The van der Waals surface area contributed by atoms with Crippen molar-refractivity contribution in [3.63, 3.8) is 0 Å². The fraction of sp³-hybridized carbons (Fsp3) is 0.600. The lowest BCUT2D eigenvalue weighted by Crippen LogP contribution is -2.38. The van der Waals surface area contributed by atoms with Gasteiger partial charge >= 0.3 is 0 Å². The number of carbonyl (C=O) groups is 1. The van der Waals surface area contributed by atoms with E-state index in [1.54, 1.807) is 11.3 Å². The fourth-order valence-corrected chi connectivity index (χ4v) is 5.41. The van der Waals surface area contributed by atoms with Gasteiger partial charge in [0.2, 0.25) is 0 Å². The minimum absolute atomic E-state index is 0. The summed E-state index contributed by atoms with van der Waals surface area (Å²) in [5.74, 6) is 0.177. The van der Waals surface area contributed by atoms with Crippen LogP contribution >= 0.6 is 47.5 Å². The van der Waals surface area contributed by atoms with Crippen LogP contribution in [0, 0.1) is 0 Å². The highest BCUT2D eigenvalue weighted by atomic mass is 35.5. The molecule has 0 saturated carbocycles. The lowest BCUT2D eigenvalue weighted by molar-refractivity contribution is 0.0753. The van der Waals surface area contributed by atoms with Gasteiger partial charge in [0, 0.05) is 39.3 Å². The number of halogens is 2. The Morgan fingerprint density at radius 2 is 2.00 bits per heavy atom. The Morgan fingerprint density at radius 3 is 2.71 bits per heavy atom. The molecule has 2 bridgehead atoms. The Morgan fingerprint density at radius 1 is 1.25 bits per heavy atom. The summed E-state index contributed by atoms with van der Waals surface area (Å²) in [6.07, 6.45) is 3.53. The predicted octanol–water partition coefficient (Wildman–Crippen LogP) is 3.23. The van der Waals surface area contributed by atoms with Gasteiger partial charge in [-0.3, -0.25) is 4.79 Å². The second-order valence-electron chi connectivity index (χ2n) is 6.35. The number of aromatic nitrogens is 1. The molecule has 9 heteroatoms. The molecule has 0 aliphatic carbocycles. The molecule has 5 nitrogen and oxygen atoms in total. The summed E-state index contributed by atoms with van der Waals surface area (Å²) in [6, 6.07) is 3.11. The van der Waals surface area contributed by atoms with Crippen molar-refractivity contribution in [1.29, 1.82) is 0 Å². The maximum atomic E-state index is 12.8. The smallest absolute Gasteiger partial charge is 0.264 e. The van der Waals surface area contributed by atoms with Crippen molar-refractivity contribution in [3.8, 4) is 0 Å². The number of thiazole rings is 1. The Balaban J connectivity index is 0.00000104. The van der Waals surface area contributed by atoms with Crippen LogP contribution in [0.2, 0.25) is 0 Å². The van der Waals surface area contributed by atoms with E-state index in [-0.39, 0.29) is 30.7 Å². The summed E-state index contributed by atoms with van der Waals surface area (Å²) in [7, 11) is 3.99. The number of fused-ring (bicyclic) bond motifs is 3. The van der Waals surface area contributed by atoms with Crippen molar-refractivity contribution in [2.45, 2.75) is 31.3 Å². The lowest BCUT2D eigenvalue weighted by Gasteiger charge is -2.23. The highest BCUT2D eigenvalue weighted by Gasteiger charge is 2.32. The zero-order valence-electron chi connectivity index (χ0n) is 13.7. The van der Waals surface area contributed by atoms with Gasteiger partial charge in [-0.25, -0.2) is 4.98 Å². The Kier molecular flexibility index (Phi) is 6.36. The molecule has 2 atom stereocenters. The van der Waals surface area contributed by atoms with Crippen molar-refractivity contribution in [2.24, 2.45) is 0 Å². The highest BCUT2D eigenvalue weighted by Crippen LogP contribution is 2.34. The average Bonchev–Trinajstić information content (AvgIpc) is 3.10. The molecule has 2 aromatic rings. The molecule has 1 N–H and O–H groups in total. The molecule has 4 rings (SSSR count). The van der Waals surface area contributed by atoms with Gasteiger partial charge in [0.05, 0.1) is 9.58 Å². The molecule has 0 spiro atoms.